The van der Waals surface area contributed by atoms with Crippen LogP contribution in [-0.4, -0.2) is 93.6 Å². The Bertz CT molecular complexity index is 645. The average molecular weight is 421 g/mol. The molecule has 0 fully saturated rings. The highest BCUT2D eigenvalue weighted by Gasteiger charge is 2.42. The van der Waals surface area contributed by atoms with E-state index in [2.05, 4.69) is 10.1 Å². The molecule has 0 radical (unpaired) electrons. The zero-order chi connectivity index (χ0) is 23.1. The van der Waals surface area contributed by atoms with Gasteiger partial charge < -0.3 is 35.8 Å². The molecule has 0 spiro atoms. The van der Waals surface area contributed by atoms with Crippen LogP contribution in [0.3, 0.4) is 0 Å². The molecule has 0 unspecified atom stereocenters. The first kappa shape index (κ1) is 26.2. The van der Waals surface area contributed by atoms with E-state index in [1.165, 1.54) is 0 Å². The molecule has 3 amide bonds. The molecule has 0 heterocycles. The van der Waals surface area contributed by atoms with Crippen molar-refractivity contribution >= 4 is 29.8 Å². The number of aliphatic carboxylic acids is 1. The van der Waals surface area contributed by atoms with E-state index in [-0.39, 0.29) is 4.90 Å². The van der Waals surface area contributed by atoms with E-state index in [4.69, 9.17) is 10.5 Å². The molecule has 0 aliphatic heterocycles. The van der Waals surface area contributed by atoms with E-state index in [1.54, 1.807) is 20.8 Å². The number of nitrogens with one attached hydrogen (secondary N) is 1. The number of alkyl carbamates (subject to hydrolysis) is 1. The van der Waals surface area contributed by atoms with Crippen molar-refractivity contribution in [2.24, 2.45) is 5.73 Å². The molecule has 0 bridgehead atoms. The predicted molar refractivity (Wildman–Crippen MR) is 95.2 cm³/mol. The normalized spacial score (nSPS) is 15.3. The average Bonchev–Trinajstić information content (AvgIpc) is 2.60. The van der Waals surface area contributed by atoms with E-state index in [0.29, 0.717) is 0 Å². The highest BCUT2D eigenvalue weighted by molar-refractivity contribution is 6.05. The highest BCUT2D eigenvalue weighted by atomic mass is 16.6. The molecule has 0 aromatic carbocycles. The summed E-state index contributed by atoms with van der Waals surface area (Å²) in [6.07, 6.45) is -3.23. The molecule has 29 heavy (non-hydrogen) atoms. The summed E-state index contributed by atoms with van der Waals surface area (Å²) in [5.41, 5.74) is 4.57. The number of esters is 1. The zero-order valence-electron chi connectivity index (χ0n) is 16.7. The number of nitrogens with zero attached hydrogens (tertiary/aromatic N) is 1. The molecule has 0 aliphatic rings. The molecular formula is C16H27N3O10. The Morgan fingerprint density at radius 2 is 1.66 bits per heavy atom. The zero-order valence-corrected chi connectivity index (χ0v) is 16.7. The van der Waals surface area contributed by atoms with Gasteiger partial charge in [-0.2, -0.15) is 0 Å². The van der Waals surface area contributed by atoms with E-state index < -0.39 is 66.3 Å². The van der Waals surface area contributed by atoms with E-state index in [0.717, 1.165) is 14.0 Å². The number of methoxy groups -OCH3 is 1. The summed E-state index contributed by atoms with van der Waals surface area (Å²) in [6.45, 7) is 4.63. The fourth-order valence-electron chi connectivity index (χ4n) is 2.00. The number of aliphatic hydroxyl groups is 2. The summed E-state index contributed by atoms with van der Waals surface area (Å²) in [5, 5.41) is 30.4. The second kappa shape index (κ2) is 10.7. The van der Waals surface area contributed by atoms with Crippen molar-refractivity contribution < 1.29 is 48.8 Å². The number of imide groups is 1. The molecule has 13 nitrogen and oxygen atoms in total. The van der Waals surface area contributed by atoms with Gasteiger partial charge in [-0.1, -0.05) is 0 Å². The quantitative estimate of drug-likeness (QED) is 0.260. The number of amides is 3. The second-order valence-electron chi connectivity index (χ2n) is 6.94. The van der Waals surface area contributed by atoms with Crippen molar-refractivity contribution in [3.8, 4) is 0 Å². The molecule has 166 valence electrons. The third-order valence-electron chi connectivity index (χ3n) is 3.42. The molecule has 0 aromatic rings. The molecule has 0 aliphatic carbocycles. The Morgan fingerprint density at radius 3 is 2.03 bits per heavy atom. The summed E-state index contributed by atoms with van der Waals surface area (Å²) >= 11 is 0. The number of carbonyl (C=O) groups is 5. The predicted octanol–water partition coefficient (Wildman–Crippen LogP) is -2.44. The first-order valence-electron chi connectivity index (χ1n) is 8.39. The number of hydrogen-bond acceptors (Lipinski definition) is 10. The number of carbonyl (C=O) groups excluding carboxylic acids is 4. The minimum Gasteiger partial charge on any atom is -0.480 e. The summed E-state index contributed by atoms with van der Waals surface area (Å²) in [4.78, 5) is 59.9. The lowest BCUT2D eigenvalue weighted by Gasteiger charge is -2.31. The van der Waals surface area contributed by atoms with Gasteiger partial charge in [0, 0.05) is 0 Å². The number of rotatable bonds is 8. The van der Waals surface area contributed by atoms with Crippen molar-refractivity contribution in [1.82, 2.24) is 10.2 Å². The Balaban J connectivity index is 5.75. The number of nitrogens with two attached hydrogens (primary N) is 1. The third-order valence-corrected chi connectivity index (χ3v) is 3.42. The fraction of sp³-hybridized carbons (Fsp3) is 0.688. The van der Waals surface area contributed by atoms with Crippen LogP contribution in [0, 0.1) is 0 Å². The van der Waals surface area contributed by atoms with Gasteiger partial charge in [0.1, 0.15) is 17.7 Å². The maximum absolute atomic E-state index is 12.7. The number of aliphatic hydroxyl groups excluding tert-OH is 2. The largest absolute Gasteiger partial charge is 0.480 e. The van der Waals surface area contributed by atoms with Crippen LogP contribution < -0.4 is 11.1 Å². The molecule has 4 atom stereocenters. The van der Waals surface area contributed by atoms with Crippen LogP contribution >= 0.6 is 0 Å². The smallest absolute Gasteiger partial charge is 0.408 e. The SMILES string of the molecule is COC(=O)[C@@H](O)[C@H](N)C(=O)N(C(=O)[C@@H](C)NC(=O)OC(C)(C)C)[C@@H](CO)C(=O)O. The summed E-state index contributed by atoms with van der Waals surface area (Å²) in [6, 6.07) is -5.65. The summed E-state index contributed by atoms with van der Waals surface area (Å²) in [5.74, 6) is -5.81. The molecular weight excluding hydrogens is 394 g/mol. The fourth-order valence-corrected chi connectivity index (χ4v) is 2.00. The molecule has 0 aromatic heterocycles. The second-order valence-corrected chi connectivity index (χ2v) is 6.94. The maximum atomic E-state index is 12.7. The van der Waals surface area contributed by atoms with Crippen LogP contribution in [0.25, 0.3) is 0 Å². The summed E-state index contributed by atoms with van der Waals surface area (Å²) in [7, 11) is 0.909. The van der Waals surface area contributed by atoms with Gasteiger partial charge in [-0.25, -0.2) is 14.4 Å². The number of carboxylic acids is 1. The Kier molecular flexibility index (Phi) is 9.67. The van der Waals surface area contributed by atoms with Crippen LogP contribution in [0.5, 0.6) is 0 Å². The van der Waals surface area contributed by atoms with Gasteiger partial charge in [-0.15, -0.1) is 0 Å². The van der Waals surface area contributed by atoms with Crippen LogP contribution in [0.15, 0.2) is 0 Å². The lowest BCUT2D eigenvalue weighted by atomic mass is 10.1. The van der Waals surface area contributed by atoms with Crippen molar-refractivity contribution in [3.05, 3.63) is 0 Å². The lowest BCUT2D eigenvalue weighted by molar-refractivity contribution is -0.165. The van der Waals surface area contributed by atoms with Gasteiger partial charge >= 0.3 is 18.0 Å². The maximum Gasteiger partial charge on any atom is 0.408 e. The van der Waals surface area contributed by atoms with Gasteiger partial charge in [-0.3, -0.25) is 14.5 Å². The van der Waals surface area contributed by atoms with E-state index in [9.17, 15) is 39.3 Å². The molecule has 13 heteroatoms. The third kappa shape index (κ3) is 7.63. The van der Waals surface area contributed by atoms with Gasteiger partial charge in [0.2, 0.25) is 5.91 Å². The molecule has 0 saturated carbocycles. The minimum atomic E-state index is -2.20. The van der Waals surface area contributed by atoms with Crippen molar-refractivity contribution in [2.45, 2.75) is 57.5 Å². The molecule has 0 saturated heterocycles. The first-order valence-corrected chi connectivity index (χ1v) is 8.39. The minimum absolute atomic E-state index is 0.0567. The van der Waals surface area contributed by atoms with Crippen LogP contribution in [0.1, 0.15) is 27.7 Å². The number of carboxylic acid groups (broad SMARTS) is 1. The van der Waals surface area contributed by atoms with Gasteiger partial charge in [0.25, 0.3) is 5.91 Å². The van der Waals surface area contributed by atoms with Gasteiger partial charge in [0.15, 0.2) is 12.1 Å². The molecule has 6 N–H and O–H groups in total. The van der Waals surface area contributed by atoms with Crippen molar-refractivity contribution in [1.29, 1.82) is 0 Å². The Morgan fingerprint density at radius 1 is 1.14 bits per heavy atom. The van der Waals surface area contributed by atoms with E-state index >= 15 is 0 Å². The lowest BCUT2D eigenvalue weighted by Crippen LogP contribution is -2.62. The van der Waals surface area contributed by atoms with Gasteiger partial charge in [0.05, 0.1) is 13.7 Å². The number of hydrogen-bond donors (Lipinski definition) is 5. The van der Waals surface area contributed by atoms with E-state index in [1.807, 2.05) is 0 Å². The number of ether oxygens (including phenoxy) is 2. The highest BCUT2D eigenvalue weighted by Crippen LogP contribution is 2.11. The van der Waals surface area contributed by atoms with Crippen molar-refractivity contribution in [3.63, 3.8) is 0 Å². The monoisotopic (exact) mass is 421 g/mol. The Hall–Kier alpha value is -2.77. The Labute approximate surface area is 166 Å². The topological polar surface area (TPSA) is 206 Å². The first-order chi connectivity index (χ1) is 13.2. The van der Waals surface area contributed by atoms with Crippen LogP contribution in [0.2, 0.25) is 0 Å². The van der Waals surface area contributed by atoms with Crippen LogP contribution in [0.4, 0.5) is 4.79 Å². The van der Waals surface area contributed by atoms with Crippen LogP contribution in [-0.2, 0) is 28.7 Å². The summed E-state index contributed by atoms with van der Waals surface area (Å²) < 4.78 is 9.21. The molecule has 0 rings (SSSR count). The van der Waals surface area contributed by atoms with Gasteiger partial charge in [-0.05, 0) is 27.7 Å². The van der Waals surface area contributed by atoms with Crippen molar-refractivity contribution in [2.75, 3.05) is 13.7 Å². The standard InChI is InChI=1S/C16H27N3O10/c1-7(18-15(27)29-16(2,3)4)11(22)19(8(6-20)13(24)25)12(23)9(17)10(21)14(26)28-5/h7-10,20-21H,6,17H2,1-5H3,(H,18,27)(H,24,25)/t7-,8+,9+,10+/m1/s1.